The molecule has 18 heavy (non-hydrogen) atoms. The van der Waals surface area contributed by atoms with Crippen molar-refractivity contribution >= 4 is 39.4 Å². The molecule has 5 heteroatoms. The minimum Gasteiger partial charge on any atom is -0.389 e. The van der Waals surface area contributed by atoms with E-state index in [0.717, 1.165) is 28.0 Å². The molecule has 3 nitrogen and oxygen atoms in total. The van der Waals surface area contributed by atoms with E-state index in [0.29, 0.717) is 4.99 Å². The molecule has 0 aliphatic heterocycles. The summed E-state index contributed by atoms with van der Waals surface area (Å²) in [4.78, 5) is 4.74. The smallest absolute Gasteiger partial charge is 0.112 e. The van der Waals surface area contributed by atoms with E-state index in [4.69, 9.17) is 18.0 Å². The fourth-order valence-corrected chi connectivity index (χ4v) is 2.85. The van der Waals surface area contributed by atoms with E-state index < -0.39 is 0 Å². The van der Waals surface area contributed by atoms with E-state index in [2.05, 4.69) is 21.7 Å². The molecule has 90 valence electrons. The molecule has 0 amide bonds. The quantitative estimate of drug-likeness (QED) is 0.746. The number of thiazole rings is 1. The Labute approximate surface area is 114 Å². The van der Waals surface area contributed by atoms with Gasteiger partial charge >= 0.3 is 0 Å². The highest BCUT2D eigenvalue weighted by Crippen LogP contribution is 2.21. The normalized spacial score (nSPS) is 10.9. The van der Waals surface area contributed by atoms with Crippen LogP contribution in [0, 0.1) is 0 Å². The van der Waals surface area contributed by atoms with Crippen molar-refractivity contribution in [2.24, 2.45) is 5.73 Å². The molecule has 0 aliphatic rings. The van der Waals surface area contributed by atoms with Crippen LogP contribution in [0.15, 0.2) is 42.0 Å². The van der Waals surface area contributed by atoms with Crippen molar-refractivity contribution < 1.29 is 0 Å². The van der Waals surface area contributed by atoms with Crippen LogP contribution in [-0.4, -0.2) is 14.5 Å². The van der Waals surface area contributed by atoms with Gasteiger partial charge in [-0.2, -0.15) is 0 Å². The van der Waals surface area contributed by atoms with Crippen LogP contribution in [0.2, 0.25) is 0 Å². The third-order valence-corrected chi connectivity index (χ3v) is 3.85. The second-order valence-electron chi connectivity index (χ2n) is 3.97. The van der Waals surface area contributed by atoms with Crippen molar-refractivity contribution in [2.45, 2.75) is 6.54 Å². The van der Waals surface area contributed by atoms with E-state index in [1.54, 1.807) is 11.3 Å². The van der Waals surface area contributed by atoms with Crippen LogP contribution in [0.4, 0.5) is 0 Å². The molecule has 2 aromatic heterocycles. The summed E-state index contributed by atoms with van der Waals surface area (Å²) >= 11 is 6.73. The molecule has 0 unspecified atom stereocenters. The molecule has 1 aromatic carbocycles. The lowest BCUT2D eigenvalue weighted by atomic mass is 10.1. The number of thiocarbonyl (C=S) groups is 1. The SMILES string of the molecule is NC(=S)c1cccc2c1ccn2Cc1nccs1. The molecule has 2 N–H and O–H groups in total. The summed E-state index contributed by atoms with van der Waals surface area (Å²) in [5, 5.41) is 4.18. The van der Waals surface area contributed by atoms with Gasteiger partial charge in [0.2, 0.25) is 0 Å². The van der Waals surface area contributed by atoms with Crippen molar-refractivity contribution in [1.82, 2.24) is 9.55 Å². The first-order chi connectivity index (χ1) is 8.75. The largest absolute Gasteiger partial charge is 0.389 e. The number of fused-ring (bicyclic) bond motifs is 1. The Balaban J connectivity index is 2.09. The molecular weight excluding hydrogens is 262 g/mol. The molecule has 0 bridgehead atoms. The van der Waals surface area contributed by atoms with Gasteiger partial charge in [-0.3, -0.25) is 0 Å². The van der Waals surface area contributed by atoms with Crippen LogP contribution >= 0.6 is 23.6 Å². The van der Waals surface area contributed by atoms with Crippen molar-refractivity contribution in [2.75, 3.05) is 0 Å². The van der Waals surface area contributed by atoms with Gasteiger partial charge in [0.1, 0.15) is 10.00 Å². The van der Waals surface area contributed by atoms with Crippen LogP contribution in [0.3, 0.4) is 0 Å². The van der Waals surface area contributed by atoms with E-state index in [-0.39, 0.29) is 0 Å². The van der Waals surface area contributed by atoms with E-state index in [1.165, 1.54) is 0 Å². The first-order valence-corrected chi connectivity index (χ1v) is 6.80. The lowest BCUT2D eigenvalue weighted by molar-refractivity contribution is 0.828. The molecule has 0 fully saturated rings. The zero-order valence-electron chi connectivity index (χ0n) is 9.54. The van der Waals surface area contributed by atoms with Crippen LogP contribution in [0.1, 0.15) is 10.6 Å². The molecule has 2 heterocycles. The third-order valence-electron chi connectivity index (χ3n) is 2.87. The van der Waals surface area contributed by atoms with Crippen LogP contribution in [0.5, 0.6) is 0 Å². The van der Waals surface area contributed by atoms with Crippen LogP contribution in [-0.2, 0) is 6.54 Å². The van der Waals surface area contributed by atoms with E-state index in [1.807, 2.05) is 29.9 Å². The van der Waals surface area contributed by atoms with Gasteiger partial charge in [0.15, 0.2) is 0 Å². The fraction of sp³-hybridized carbons (Fsp3) is 0.0769. The average molecular weight is 273 g/mol. The number of nitrogens with zero attached hydrogens (tertiary/aromatic N) is 2. The monoisotopic (exact) mass is 273 g/mol. The molecule has 3 aromatic rings. The van der Waals surface area contributed by atoms with E-state index >= 15 is 0 Å². The zero-order chi connectivity index (χ0) is 12.5. The average Bonchev–Trinajstić information content (AvgIpc) is 2.99. The number of hydrogen-bond acceptors (Lipinski definition) is 3. The van der Waals surface area contributed by atoms with E-state index in [9.17, 15) is 0 Å². The minimum atomic E-state index is 0.438. The lowest BCUT2D eigenvalue weighted by Crippen LogP contribution is -2.09. The third kappa shape index (κ3) is 1.91. The van der Waals surface area contributed by atoms with Gasteiger partial charge < -0.3 is 10.3 Å². The topological polar surface area (TPSA) is 43.8 Å². The predicted octanol–water partition coefficient (Wildman–Crippen LogP) is 2.78. The summed E-state index contributed by atoms with van der Waals surface area (Å²) in [6.45, 7) is 0.780. The summed E-state index contributed by atoms with van der Waals surface area (Å²) < 4.78 is 2.16. The Bertz CT molecular complexity index is 698. The van der Waals surface area contributed by atoms with Gasteiger partial charge in [-0.25, -0.2) is 4.98 Å². The van der Waals surface area contributed by atoms with Gasteiger partial charge in [0.25, 0.3) is 0 Å². The first kappa shape index (κ1) is 11.4. The van der Waals surface area contributed by atoms with Crippen LogP contribution < -0.4 is 5.73 Å². The molecule has 0 radical (unpaired) electrons. The maximum atomic E-state index is 5.74. The van der Waals surface area contributed by atoms with Gasteiger partial charge in [-0.05, 0) is 12.1 Å². The van der Waals surface area contributed by atoms with Crippen molar-refractivity contribution in [3.8, 4) is 0 Å². The second kappa shape index (κ2) is 4.51. The number of rotatable bonds is 3. The minimum absolute atomic E-state index is 0.438. The molecular formula is C13H11N3S2. The molecule has 0 spiro atoms. The number of benzene rings is 1. The van der Waals surface area contributed by atoms with Crippen molar-refractivity contribution in [3.05, 3.63) is 52.6 Å². The van der Waals surface area contributed by atoms with Crippen molar-refractivity contribution in [1.29, 1.82) is 0 Å². The maximum absolute atomic E-state index is 5.74. The standard InChI is InChI=1S/C13H11N3S2/c14-13(17)10-2-1-3-11-9(10)4-6-16(11)8-12-15-5-7-18-12/h1-7H,8H2,(H2,14,17). The first-order valence-electron chi connectivity index (χ1n) is 5.52. The van der Waals surface area contributed by atoms with Gasteiger partial charge in [-0.15, -0.1) is 11.3 Å². The summed E-state index contributed by atoms with van der Waals surface area (Å²) in [7, 11) is 0. The second-order valence-corrected chi connectivity index (χ2v) is 5.39. The Morgan fingerprint density at radius 2 is 2.28 bits per heavy atom. The molecule has 0 aliphatic carbocycles. The number of nitrogens with two attached hydrogens (primary N) is 1. The van der Waals surface area contributed by atoms with Gasteiger partial charge in [-0.1, -0.05) is 24.4 Å². The maximum Gasteiger partial charge on any atom is 0.112 e. The Hall–Kier alpha value is -1.72. The lowest BCUT2D eigenvalue weighted by Gasteiger charge is -2.04. The predicted molar refractivity (Wildman–Crippen MR) is 79.0 cm³/mol. The van der Waals surface area contributed by atoms with Crippen molar-refractivity contribution in [3.63, 3.8) is 0 Å². The fourth-order valence-electron chi connectivity index (χ4n) is 2.05. The highest BCUT2D eigenvalue weighted by molar-refractivity contribution is 7.80. The van der Waals surface area contributed by atoms with Crippen LogP contribution in [0.25, 0.3) is 10.9 Å². The highest BCUT2D eigenvalue weighted by Gasteiger charge is 2.08. The van der Waals surface area contributed by atoms with Gasteiger partial charge in [0.05, 0.1) is 6.54 Å². The number of aromatic nitrogens is 2. The summed E-state index contributed by atoms with van der Waals surface area (Å²) in [5.41, 5.74) is 7.80. The highest BCUT2D eigenvalue weighted by atomic mass is 32.1. The summed E-state index contributed by atoms with van der Waals surface area (Å²) in [6.07, 6.45) is 3.87. The molecule has 3 rings (SSSR count). The molecule has 0 saturated heterocycles. The Morgan fingerprint density at radius 1 is 1.39 bits per heavy atom. The molecule has 0 atom stereocenters. The zero-order valence-corrected chi connectivity index (χ0v) is 11.2. The number of hydrogen-bond donors (Lipinski definition) is 1. The Kier molecular flexibility index (Phi) is 2.85. The summed E-state index contributed by atoms with van der Waals surface area (Å²) in [5.74, 6) is 0. The summed E-state index contributed by atoms with van der Waals surface area (Å²) in [6, 6.07) is 8.07. The molecule has 0 saturated carbocycles. The van der Waals surface area contributed by atoms with Gasteiger partial charge in [0, 0.05) is 34.2 Å². The Morgan fingerprint density at radius 3 is 3.00 bits per heavy atom.